The van der Waals surface area contributed by atoms with Gasteiger partial charge in [0, 0.05) is 53.7 Å². The second-order valence-electron chi connectivity index (χ2n) is 7.72. The molecular weight excluding hydrogens is 422 g/mol. The summed E-state index contributed by atoms with van der Waals surface area (Å²) in [7, 11) is 0. The minimum atomic E-state index is -0.436. The first-order valence-corrected chi connectivity index (χ1v) is 10.6. The lowest BCUT2D eigenvalue weighted by Gasteiger charge is -2.28. The van der Waals surface area contributed by atoms with Crippen LogP contribution >= 0.6 is 0 Å². The number of nitro groups is 1. The van der Waals surface area contributed by atoms with Gasteiger partial charge in [0.05, 0.1) is 29.3 Å². The molecule has 4 aromatic rings. The van der Waals surface area contributed by atoms with Crippen molar-refractivity contribution in [2.24, 2.45) is 0 Å². The summed E-state index contributed by atoms with van der Waals surface area (Å²) in [6, 6.07) is 19.2. The third-order valence-corrected chi connectivity index (χ3v) is 5.59. The molecule has 0 bridgehead atoms. The molecule has 33 heavy (non-hydrogen) atoms. The van der Waals surface area contributed by atoms with Gasteiger partial charge in [-0.15, -0.1) is 0 Å². The van der Waals surface area contributed by atoms with Crippen molar-refractivity contribution in [3.8, 4) is 5.69 Å². The maximum Gasteiger partial charge on any atom is 0.269 e. The van der Waals surface area contributed by atoms with Gasteiger partial charge in [-0.2, -0.15) is 5.10 Å². The van der Waals surface area contributed by atoms with Crippen LogP contribution in [0.25, 0.3) is 16.6 Å². The van der Waals surface area contributed by atoms with Gasteiger partial charge in [0.1, 0.15) is 0 Å². The van der Waals surface area contributed by atoms with E-state index in [0.29, 0.717) is 30.2 Å². The maximum atomic E-state index is 12.7. The van der Waals surface area contributed by atoms with Gasteiger partial charge < -0.3 is 15.0 Å². The molecule has 0 atom stereocenters. The Balaban J connectivity index is 1.30. The molecule has 0 radical (unpaired) electrons. The first-order valence-electron chi connectivity index (χ1n) is 10.6. The number of amides is 1. The summed E-state index contributed by atoms with van der Waals surface area (Å²) < 4.78 is 7.04. The van der Waals surface area contributed by atoms with E-state index in [2.05, 4.69) is 15.3 Å². The lowest BCUT2D eigenvalue weighted by molar-refractivity contribution is -0.384. The number of anilines is 2. The number of fused-ring (bicyclic) bond motifs is 1. The maximum absolute atomic E-state index is 12.7. The number of hydrogen-bond acceptors (Lipinski definition) is 6. The lowest BCUT2D eigenvalue weighted by Crippen LogP contribution is -2.36. The van der Waals surface area contributed by atoms with E-state index in [4.69, 9.17) is 4.74 Å². The van der Waals surface area contributed by atoms with Gasteiger partial charge >= 0.3 is 0 Å². The van der Waals surface area contributed by atoms with Crippen LogP contribution < -0.4 is 10.2 Å². The number of benzene rings is 3. The fourth-order valence-corrected chi connectivity index (χ4v) is 3.81. The van der Waals surface area contributed by atoms with Crippen LogP contribution in [0.15, 0.2) is 72.9 Å². The highest BCUT2D eigenvalue weighted by Crippen LogP contribution is 2.22. The fourth-order valence-electron chi connectivity index (χ4n) is 3.81. The number of hydrogen-bond donors (Lipinski definition) is 1. The molecule has 9 heteroatoms. The number of nitro benzene ring substituents is 1. The van der Waals surface area contributed by atoms with Crippen molar-refractivity contribution in [2.75, 3.05) is 36.5 Å². The molecule has 0 aliphatic carbocycles. The Morgan fingerprint density at radius 1 is 0.970 bits per heavy atom. The Kier molecular flexibility index (Phi) is 5.45. The second-order valence-corrected chi connectivity index (χ2v) is 7.72. The number of aromatic nitrogens is 2. The van der Waals surface area contributed by atoms with Gasteiger partial charge in [0.2, 0.25) is 0 Å². The third kappa shape index (κ3) is 4.39. The van der Waals surface area contributed by atoms with Gasteiger partial charge in [-0.25, -0.2) is 4.68 Å². The minimum Gasteiger partial charge on any atom is -0.378 e. The number of non-ortho nitro benzene ring substituents is 1. The summed E-state index contributed by atoms with van der Waals surface area (Å²) in [5.74, 6) is -0.189. The van der Waals surface area contributed by atoms with Crippen molar-refractivity contribution in [3.05, 3.63) is 88.6 Å². The highest BCUT2D eigenvalue weighted by Gasteiger charge is 2.13. The molecule has 1 aromatic heterocycles. The van der Waals surface area contributed by atoms with Crippen molar-refractivity contribution >= 4 is 33.9 Å². The molecule has 1 aliphatic heterocycles. The van der Waals surface area contributed by atoms with Crippen LogP contribution in [0.1, 0.15) is 10.4 Å². The Labute approximate surface area is 189 Å². The van der Waals surface area contributed by atoms with Crippen molar-refractivity contribution in [2.45, 2.75) is 0 Å². The van der Waals surface area contributed by atoms with Crippen molar-refractivity contribution in [3.63, 3.8) is 0 Å². The average molecular weight is 443 g/mol. The molecule has 9 nitrogen and oxygen atoms in total. The molecule has 166 valence electrons. The second kappa shape index (κ2) is 8.71. The fraction of sp³-hybridized carbons (Fsp3) is 0.167. The summed E-state index contributed by atoms with van der Waals surface area (Å²) in [5, 5.41) is 19.1. The van der Waals surface area contributed by atoms with E-state index in [1.54, 1.807) is 22.9 Å². The molecule has 0 spiro atoms. The van der Waals surface area contributed by atoms with Crippen LogP contribution in [-0.4, -0.2) is 46.9 Å². The first kappa shape index (κ1) is 20.7. The highest BCUT2D eigenvalue weighted by molar-refractivity contribution is 6.05. The highest BCUT2D eigenvalue weighted by atomic mass is 16.6. The number of carbonyl (C=O) groups is 1. The van der Waals surface area contributed by atoms with Crippen LogP contribution in [0.3, 0.4) is 0 Å². The van der Waals surface area contributed by atoms with Crippen molar-refractivity contribution in [1.29, 1.82) is 0 Å². The van der Waals surface area contributed by atoms with E-state index < -0.39 is 4.92 Å². The molecule has 1 fully saturated rings. The van der Waals surface area contributed by atoms with Crippen LogP contribution in [0, 0.1) is 10.1 Å². The Morgan fingerprint density at radius 2 is 1.67 bits per heavy atom. The summed E-state index contributed by atoms with van der Waals surface area (Å²) in [4.78, 5) is 25.4. The van der Waals surface area contributed by atoms with Gasteiger partial charge in [-0.3, -0.25) is 14.9 Å². The van der Waals surface area contributed by atoms with E-state index in [0.717, 1.165) is 29.7 Å². The monoisotopic (exact) mass is 443 g/mol. The van der Waals surface area contributed by atoms with E-state index in [1.807, 2.05) is 42.6 Å². The number of morpholine rings is 1. The van der Waals surface area contributed by atoms with Gasteiger partial charge in [0.25, 0.3) is 11.6 Å². The zero-order valence-corrected chi connectivity index (χ0v) is 17.7. The predicted molar refractivity (Wildman–Crippen MR) is 125 cm³/mol. The Bertz CT molecular complexity index is 1310. The van der Waals surface area contributed by atoms with Crippen LogP contribution in [0.2, 0.25) is 0 Å². The van der Waals surface area contributed by atoms with Gasteiger partial charge in [-0.05, 0) is 54.6 Å². The summed E-state index contributed by atoms with van der Waals surface area (Å²) in [6.45, 7) is 3.12. The average Bonchev–Trinajstić information content (AvgIpc) is 3.28. The Morgan fingerprint density at radius 3 is 2.36 bits per heavy atom. The van der Waals surface area contributed by atoms with Crippen molar-refractivity contribution < 1.29 is 14.5 Å². The molecule has 1 aliphatic rings. The van der Waals surface area contributed by atoms with Gasteiger partial charge in [-0.1, -0.05) is 0 Å². The topological polar surface area (TPSA) is 103 Å². The summed E-state index contributed by atoms with van der Waals surface area (Å²) in [6.07, 6.45) is 1.82. The number of nitrogens with one attached hydrogen (secondary N) is 1. The quantitative estimate of drug-likeness (QED) is 0.369. The lowest BCUT2D eigenvalue weighted by atomic mass is 10.1. The smallest absolute Gasteiger partial charge is 0.269 e. The standard InChI is InChI=1S/C24H21N5O4/c30-24(17-1-4-20(5-2-17)27-11-13-33-14-12-27)25-19-3-10-23-18(15-19)16-28(26-23)21-6-8-22(9-7-21)29(31)32/h1-10,15-16H,11-14H2,(H,25,30). The molecule has 5 rings (SSSR count). The number of nitrogens with zero attached hydrogens (tertiary/aromatic N) is 4. The van der Waals surface area contributed by atoms with Crippen molar-refractivity contribution in [1.82, 2.24) is 9.78 Å². The minimum absolute atomic E-state index is 0.0263. The summed E-state index contributed by atoms with van der Waals surface area (Å²) in [5.41, 5.74) is 3.80. The summed E-state index contributed by atoms with van der Waals surface area (Å²) >= 11 is 0. The van der Waals surface area contributed by atoms with E-state index in [9.17, 15) is 14.9 Å². The predicted octanol–water partition coefficient (Wildman–Crippen LogP) is 4.02. The molecular formula is C24H21N5O4. The first-order chi connectivity index (χ1) is 16.1. The third-order valence-electron chi connectivity index (χ3n) is 5.59. The zero-order valence-electron chi connectivity index (χ0n) is 17.7. The molecule has 2 heterocycles. The molecule has 0 unspecified atom stereocenters. The SMILES string of the molecule is O=C(Nc1ccc2nn(-c3ccc([N+](=O)[O-])cc3)cc2c1)c1ccc(N2CCOCC2)cc1. The molecule has 0 saturated carbocycles. The molecule has 1 amide bonds. The van der Waals surface area contributed by atoms with Crippen LogP contribution in [0.4, 0.5) is 17.1 Å². The van der Waals surface area contributed by atoms with E-state index in [-0.39, 0.29) is 11.6 Å². The van der Waals surface area contributed by atoms with E-state index in [1.165, 1.54) is 12.1 Å². The van der Waals surface area contributed by atoms with Crippen LogP contribution in [-0.2, 0) is 4.74 Å². The normalized spacial score (nSPS) is 13.8. The van der Waals surface area contributed by atoms with Gasteiger partial charge in [0.15, 0.2) is 0 Å². The largest absolute Gasteiger partial charge is 0.378 e. The molecule has 1 saturated heterocycles. The number of carbonyl (C=O) groups excluding carboxylic acids is 1. The van der Waals surface area contributed by atoms with Crippen LogP contribution in [0.5, 0.6) is 0 Å². The zero-order chi connectivity index (χ0) is 22.8. The molecule has 1 N–H and O–H groups in total. The number of ether oxygens (including phenoxy) is 1. The van der Waals surface area contributed by atoms with E-state index >= 15 is 0 Å². The molecule has 3 aromatic carbocycles. The Hall–Kier alpha value is -4.24. The number of rotatable bonds is 5.